The van der Waals surface area contributed by atoms with Gasteiger partial charge in [-0.25, -0.2) is 4.98 Å². The number of hydrogen-bond acceptors (Lipinski definition) is 8. The van der Waals surface area contributed by atoms with Gasteiger partial charge in [-0.1, -0.05) is 63.2 Å². The maximum absolute atomic E-state index is 13.8. The molecule has 40 heavy (non-hydrogen) atoms. The summed E-state index contributed by atoms with van der Waals surface area (Å²) in [4.78, 5) is 46.6. The number of aliphatic hydroxyl groups is 1. The third-order valence-corrected chi connectivity index (χ3v) is 7.74. The predicted octanol–water partition coefficient (Wildman–Crippen LogP) is 2.63. The Bertz CT molecular complexity index is 1300. The van der Waals surface area contributed by atoms with Gasteiger partial charge in [0.25, 0.3) is 0 Å². The number of fused-ring (bicyclic) bond motifs is 1. The molecule has 2 aromatic carbocycles. The van der Waals surface area contributed by atoms with Crippen LogP contribution in [0.4, 0.5) is 0 Å². The third kappa shape index (κ3) is 7.72. The zero-order chi connectivity index (χ0) is 28.7. The second-order valence-corrected chi connectivity index (χ2v) is 12.2. The first-order valence-corrected chi connectivity index (χ1v) is 14.6. The summed E-state index contributed by atoms with van der Waals surface area (Å²) in [6.07, 6.45) is 2.47. The van der Waals surface area contributed by atoms with E-state index < -0.39 is 35.4 Å². The molecule has 0 aliphatic carbocycles. The van der Waals surface area contributed by atoms with E-state index in [0.29, 0.717) is 19.5 Å². The lowest BCUT2D eigenvalue weighted by molar-refractivity contribution is -0.157. The van der Waals surface area contributed by atoms with E-state index in [1.54, 1.807) is 27.0 Å². The molecule has 1 saturated heterocycles. The van der Waals surface area contributed by atoms with Crippen LogP contribution in [0.25, 0.3) is 10.8 Å². The average molecular weight is 566 g/mol. The molecule has 3 atom stereocenters. The van der Waals surface area contributed by atoms with Crippen molar-refractivity contribution >= 4 is 39.8 Å². The number of imide groups is 1. The van der Waals surface area contributed by atoms with Crippen LogP contribution in [0.15, 0.2) is 54.0 Å². The molecule has 1 aliphatic heterocycles. The number of aromatic nitrogens is 1. The van der Waals surface area contributed by atoms with Crippen molar-refractivity contribution in [2.24, 2.45) is 5.41 Å². The number of thiazole rings is 1. The van der Waals surface area contributed by atoms with E-state index in [9.17, 15) is 19.5 Å². The van der Waals surface area contributed by atoms with E-state index in [1.807, 2.05) is 47.8 Å². The normalized spacial score (nSPS) is 16.9. The van der Waals surface area contributed by atoms with Crippen molar-refractivity contribution in [2.45, 2.75) is 64.8 Å². The minimum atomic E-state index is -1.07. The molecule has 0 spiro atoms. The maximum Gasteiger partial charge on any atom is 0.247 e. The van der Waals surface area contributed by atoms with Crippen LogP contribution in [0.5, 0.6) is 0 Å². The molecule has 214 valence electrons. The van der Waals surface area contributed by atoms with Gasteiger partial charge in [-0.3, -0.25) is 19.3 Å². The average Bonchev–Trinajstić information content (AvgIpc) is 3.65. The lowest BCUT2D eigenvalue weighted by atomic mass is 9.91. The molecule has 1 aromatic heterocycles. The number of benzene rings is 2. The van der Waals surface area contributed by atoms with Gasteiger partial charge in [0.15, 0.2) is 0 Å². The van der Waals surface area contributed by atoms with E-state index in [-0.39, 0.29) is 25.4 Å². The van der Waals surface area contributed by atoms with Crippen molar-refractivity contribution in [2.75, 3.05) is 19.6 Å². The third-order valence-electron chi connectivity index (χ3n) is 6.97. The maximum atomic E-state index is 13.8. The van der Waals surface area contributed by atoms with Crippen LogP contribution in [0.3, 0.4) is 0 Å². The van der Waals surface area contributed by atoms with Crippen molar-refractivity contribution in [3.8, 4) is 0 Å². The molecule has 3 amide bonds. The highest BCUT2D eigenvalue weighted by Crippen LogP contribution is 2.25. The van der Waals surface area contributed by atoms with Crippen LogP contribution in [-0.2, 0) is 27.3 Å². The Hall–Kier alpha value is -3.18. The van der Waals surface area contributed by atoms with Crippen molar-refractivity contribution < 1.29 is 19.5 Å². The van der Waals surface area contributed by atoms with Gasteiger partial charge >= 0.3 is 0 Å². The zero-order valence-corrected chi connectivity index (χ0v) is 24.2. The van der Waals surface area contributed by atoms with E-state index in [1.165, 1.54) is 16.2 Å². The fourth-order valence-corrected chi connectivity index (χ4v) is 5.39. The molecule has 4 rings (SSSR count). The number of carbonyl (C=O) groups excluding carboxylic acids is 3. The largest absolute Gasteiger partial charge is 0.390 e. The Morgan fingerprint density at radius 3 is 2.60 bits per heavy atom. The SMILES string of the molecule is CC(C)(C)C(=O)N(C(=O)[C@@H]1CCCN1)[C@H](Cc1ccc2ccccc2c1)C(=O)NCC(O)CNCc1nccs1. The quantitative estimate of drug-likeness (QED) is 0.282. The van der Waals surface area contributed by atoms with E-state index in [0.717, 1.165) is 27.8 Å². The Morgan fingerprint density at radius 2 is 1.93 bits per heavy atom. The molecule has 1 fully saturated rings. The molecule has 0 bridgehead atoms. The van der Waals surface area contributed by atoms with Gasteiger partial charge in [-0.05, 0) is 35.7 Å². The topological polar surface area (TPSA) is 124 Å². The van der Waals surface area contributed by atoms with Crippen molar-refractivity contribution in [3.63, 3.8) is 0 Å². The van der Waals surface area contributed by atoms with Crippen LogP contribution < -0.4 is 16.0 Å². The highest BCUT2D eigenvalue weighted by Gasteiger charge is 2.42. The fourth-order valence-electron chi connectivity index (χ4n) is 4.80. The van der Waals surface area contributed by atoms with Crippen molar-refractivity contribution in [1.82, 2.24) is 25.8 Å². The summed E-state index contributed by atoms with van der Waals surface area (Å²) < 4.78 is 0. The second kappa shape index (κ2) is 13.5. The van der Waals surface area contributed by atoms with Crippen LogP contribution in [0, 0.1) is 5.41 Å². The minimum absolute atomic E-state index is 0.0225. The van der Waals surface area contributed by atoms with Gasteiger partial charge in [-0.2, -0.15) is 0 Å². The molecule has 0 radical (unpaired) electrons. The molecular weight excluding hydrogens is 526 g/mol. The molecule has 9 nitrogen and oxygen atoms in total. The lowest BCUT2D eigenvalue weighted by Gasteiger charge is -2.35. The Morgan fingerprint density at radius 1 is 1.15 bits per heavy atom. The summed E-state index contributed by atoms with van der Waals surface area (Å²) in [5.74, 6) is -1.27. The molecule has 1 aliphatic rings. The van der Waals surface area contributed by atoms with Crippen LogP contribution in [-0.4, -0.2) is 70.5 Å². The Labute approximate surface area is 239 Å². The fraction of sp³-hybridized carbons (Fsp3) is 0.467. The van der Waals surface area contributed by atoms with Gasteiger partial charge < -0.3 is 21.1 Å². The molecule has 2 heterocycles. The van der Waals surface area contributed by atoms with E-state index >= 15 is 0 Å². The summed E-state index contributed by atoms with van der Waals surface area (Å²) in [5, 5.41) is 24.5. The molecule has 1 unspecified atom stereocenters. The smallest absolute Gasteiger partial charge is 0.247 e. The van der Waals surface area contributed by atoms with Crippen molar-refractivity contribution in [3.05, 3.63) is 64.6 Å². The highest BCUT2D eigenvalue weighted by molar-refractivity contribution is 7.09. The van der Waals surface area contributed by atoms with E-state index in [2.05, 4.69) is 20.9 Å². The van der Waals surface area contributed by atoms with Crippen LogP contribution >= 0.6 is 11.3 Å². The van der Waals surface area contributed by atoms with Crippen molar-refractivity contribution in [1.29, 1.82) is 0 Å². The van der Waals surface area contributed by atoms with E-state index in [4.69, 9.17) is 0 Å². The predicted molar refractivity (Wildman–Crippen MR) is 157 cm³/mol. The van der Waals surface area contributed by atoms with Gasteiger partial charge in [0.05, 0.1) is 12.1 Å². The first-order chi connectivity index (χ1) is 19.1. The summed E-state index contributed by atoms with van der Waals surface area (Å²) in [6.45, 7) is 6.69. The monoisotopic (exact) mass is 565 g/mol. The number of carbonyl (C=O) groups is 3. The van der Waals surface area contributed by atoms with Gasteiger partial charge in [0.1, 0.15) is 11.0 Å². The summed E-state index contributed by atoms with van der Waals surface area (Å²) in [5.41, 5.74) is -0.0430. The van der Waals surface area contributed by atoms with Gasteiger partial charge in [0.2, 0.25) is 17.7 Å². The number of nitrogens with one attached hydrogen (secondary N) is 3. The molecule has 3 aromatic rings. The number of nitrogens with zero attached hydrogens (tertiary/aromatic N) is 2. The number of aliphatic hydroxyl groups excluding tert-OH is 1. The highest BCUT2D eigenvalue weighted by atomic mass is 32.1. The van der Waals surface area contributed by atoms with Gasteiger partial charge in [-0.15, -0.1) is 11.3 Å². The second-order valence-electron chi connectivity index (χ2n) is 11.3. The Kier molecular flexibility index (Phi) is 10.0. The van der Waals surface area contributed by atoms with Crippen LogP contribution in [0.1, 0.15) is 44.2 Å². The molecular formula is C30H39N5O4S. The zero-order valence-electron chi connectivity index (χ0n) is 23.4. The number of amides is 3. The number of hydrogen-bond donors (Lipinski definition) is 4. The first-order valence-electron chi connectivity index (χ1n) is 13.8. The van der Waals surface area contributed by atoms with Gasteiger partial charge in [0, 0.05) is 43.0 Å². The minimum Gasteiger partial charge on any atom is -0.390 e. The standard InChI is InChI=1S/C30H39N5O4S/c1-30(2,3)29(39)35(28(38)24-9-6-12-32-24)25(16-20-10-11-21-7-4-5-8-22(21)15-20)27(37)34-18-23(36)17-31-19-26-33-13-14-40-26/h4-5,7-8,10-11,13-15,23-25,31-32,36H,6,9,12,16-19H2,1-3H3,(H,34,37)/t23?,24-,25+/m0/s1. The molecule has 10 heteroatoms. The Balaban J connectivity index is 1.55. The number of rotatable bonds is 11. The summed E-state index contributed by atoms with van der Waals surface area (Å²) in [7, 11) is 0. The lowest BCUT2D eigenvalue weighted by Crippen LogP contribution is -2.60. The first kappa shape index (κ1) is 29.8. The molecule has 0 saturated carbocycles. The summed E-state index contributed by atoms with van der Waals surface area (Å²) >= 11 is 1.52. The molecule has 4 N–H and O–H groups in total. The summed E-state index contributed by atoms with van der Waals surface area (Å²) in [6, 6.07) is 12.2. The van der Waals surface area contributed by atoms with Crippen LogP contribution in [0.2, 0.25) is 0 Å².